The summed E-state index contributed by atoms with van der Waals surface area (Å²) in [6.45, 7) is 2.46. The predicted octanol–water partition coefficient (Wildman–Crippen LogP) is 3.26. The van der Waals surface area contributed by atoms with Gasteiger partial charge in [0.15, 0.2) is 0 Å². The van der Waals surface area contributed by atoms with E-state index in [2.05, 4.69) is 12.1 Å². The van der Waals surface area contributed by atoms with Crippen LogP contribution in [0.3, 0.4) is 0 Å². The van der Waals surface area contributed by atoms with E-state index < -0.39 is 0 Å². The minimum Gasteiger partial charge on any atom is -0.469 e. The molecular weight excluding hydrogens is 240 g/mol. The molecule has 100 valence electrons. The molecule has 1 unspecified atom stereocenters. The molecule has 0 aliphatic rings. The number of hydrogen-bond acceptors (Lipinski definition) is 3. The van der Waals surface area contributed by atoms with Gasteiger partial charge in [-0.15, -0.1) is 0 Å². The van der Waals surface area contributed by atoms with Crippen LogP contribution in [0.1, 0.15) is 24.0 Å². The lowest BCUT2D eigenvalue weighted by Gasteiger charge is -2.11. The Hall–Kier alpha value is -1.87. The van der Waals surface area contributed by atoms with Crippen LogP contribution in [0.15, 0.2) is 36.4 Å². The molecule has 0 N–H and O–H groups in total. The maximum atomic E-state index is 11.5. The third kappa shape index (κ3) is 2.93. The maximum Gasteiger partial charge on any atom is 0.312 e. The van der Waals surface area contributed by atoms with Crippen LogP contribution in [-0.2, 0) is 20.9 Å². The monoisotopic (exact) mass is 258 g/mol. The molecule has 0 spiro atoms. The quantitative estimate of drug-likeness (QED) is 0.790. The van der Waals surface area contributed by atoms with Crippen molar-refractivity contribution in [2.75, 3.05) is 14.2 Å². The molecule has 3 heteroatoms. The van der Waals surface area contributed by atoms with E-state index in [9.17, 15) is 4.79 Å². The Labute approximate surface area is 113 Å². The molecule has 2 aromatic rings. The largest absolute Gasteiger partial charge is 0.469 e. The van der Waals surface area contributed by atoms with Gasteiger partial charge in [0.05, 0.1) is 19.6 Å². The summed E-state index contributed by atoms with van der Waals surface area (Å²) < 4.78 is 9.90. The molecule has 19 heavy (non-hydrogen) atoms. The molecule has 0 amide bonds. The highest BCUT2D eigenvalue weighted by molar-refractivity contribution is 5.86. The van der Waals surface area contributed by atoms with Gasteiger partial charge < -0.3 is 9.47 Å². The van der Waals surface area contributed by atoms with Crippen molar-refractivity contribution in [2.24, 2.45) is 0 Å². The van der Waals surface area contributed by atoms with Gasteiger partial charge in [0.1, 0.15) is 0 Å². The summed E-state index contributed by atoms with van der Waals surface area (Å²) in [7, 11) is 3.10. The van der Waals surface area contributed by atoms with E-state index in [-0.39, 0.29) is 11.9 Å². The van der Waals surface area contributed by atoms with Crippen LogP contribution in [0, 0.1) is 0 Å². The van der Waals surface area contributed by atoms with E-state index in [1.165, 1.54) is 7.11 Å². The zero-order chi connectivity index (χ0) is 13.8. The number of ether oxygens (including phenoxy) is 2. The zero-order valence-corrected chi connectivity index (χ0v) is 11.5. The lowest BCUT2D eigenvalue weighted by Crippen LogP contribution is -2.10. The van der Waals surface area contributed by atoms with Gasteiger partial charge in [-0.2, -0.15) is 0 Å². The Morgan fingerprint density at radius 2 is 1.79 bits per heavy atom. The summed E-state index contributed by atoms with van der Waals surface area (Å²) in [6, 6.07) is 12.2. The normalized spacial score (nSPS) is 12.4. The number of benzene rings is 2. The summed E-state index contributed by atoms with van der Waals surface area (Å²) in [5, 5.41) is 2.27. The summed E-state index contributed by atoms with van der Waals surface area (Å²) in [4.78, 5) is 11.5. The number of rotatable bonds is 4. The molecule has 0 saturated carbocycles. The number of fused-ring (bicyclic) bond motifs is 1. The van der Waals surface area contributed by atoms with Gasteiger partial charge in [0.2, 0.25) is 0 Å². The van der Waals surface area contributed by atoms with Crippen molar-refractivity contribution < 1.29 is 14.3 Å². The van der Waals surface area contributed by atoms with Crippen LogP contribution >= 0.6 is 0 Å². The van der Waals surface area contributed by atoms with Crippen LogP contribution in [-0.4, -0.2) is 20.2 Å². The molecule has 1 atom stereocenters. The van der Waals surface area contributed by atoms with E-state index >= 15 is 0 Å². The standard InChI is InChI=1S/C16H18O3/c1-11(16(17)19-3)13-6-7-14-8-12(10-18-2)4-5-15(14)9-13/h4-9,11H,10H2,1-3H3. The van der Waals surface area contributed by atoms with Crippen LogP contribution in [0.2, 0.25) is 0 Å². The van der Waals surface area contributed by atoms with Gasteiger partial charge in [-0.25, -0.2) is 0 Å². The lowest BCUT2D eigenvalue weighted by atomic mass is 9.97. The predicted molar refractivity (Wildman–Crippen MR) is 75.1 cm³/mol. The molecule has 0 radical (unpaired) electrons. The van der Waals surface area contributed by atoms with Crippen molar-refractivity contribution in [1.29, 1.82) is 0 Å². The molecular formula is C16H18O3. The van der Waals surface area contributed by atoms with E-state index in [0.29, 0.717) is 6.61 Å². The fourth-order valence-corrected chi connectivity index (χ4v) is 2.15. The number of carbonyl (C=O) groups is 1. The molecule has 0 aromatic heterocycles. The molecule has 0 aliphatic carbocycles. The Balaban J connectivity index is 2.36. The third-order valence-electron chi connectivity index (χ3n) is 3.29. The molecule has 2 aromatic carbocycles. The van der Waals surface area contributed by atoms with Crippen molar-refractivity contribution >= 4 is 16.7 Å². The van der Waals surface area contributed by atoms with E-state index in [1.54, 1.807) is 7.11 Å². The van der Waals surface area contributed by atoms with E-state index in [1.807, 2.05) is 31.2 Å². The highest BCUT2D eigenvalue weighted by atomic mass is 16.5. The highest BCUT2D eigenvalue weighted by Crippen LogP contribution is 2.23. The number of carbonyl (C=O) groups excluding carboxylic acids is 1. The smallest absolute Gasteiger partial charge is 0.312 e. The molecule has 3 nitrogen and oxygen atoms in total. The Morgan fingerprint density at radius 1 is 1.11 bits per heavy atom. The first-order chi connectivity index (χ1) is 9.15. The van der Waals surface area contributed by atoms with Gasteiger partial charge >= 0.3 is 5.97 Å². The summed E-state index contributed by atoms with van der Waals surface area (Å²) in [5.41, 5.74) is 2.11. The van der Waals surface area contributed by atoms with Crippen molar-refractivity contribution in [3.63, 3.8) is 0 Å². The second-order valence-electron chi connectivity index (χ2n) is 4.62. The maximum absolute atomic E-state index is 11.5. The molecule has 0 saturated heterocycles. The van der Waals surface area contributed by atoms with Gasteiger partial charge in [-0.1, -0.05) is 30.3 Å². The summed E-state index contributed by atoms with van der Waals surface area (Å²) >= 11 is 0. The highest BCUT2D eigenvalue weighted by Gasteiger charge is 2.15. The Morgan fingerprint density at radius 3 is 2.47 bits per heavy atom. The lowest BCUT2D eigenvalue weighted by molar-refractivity contribution is -0.141. The molecule has 0 bridgehead atoms. The van der Waals surface area contributed by atoms with Crippen LogP contribution in [0.5, 0.6) is 0 Å². The fourth-order valence-electron chi connectivity index (χ4n) is 2.15. The van der Waals surface area contributed by atoms with Gasteiger partial charge in [0, 0.05) is 7.11 Å². The molecule has 2 rings (SSSR count). The molecule has 0 fully saturated rings. The fraction of sp³-hybridized carbons (Fsp3) is 0.312. The van der Waals surface area contributed by atoms with Gasteiger partial charge in [-0.3, -0.25) is 4.79 Å². The zero-order valence-electron chi connectivity index (χ0n) is 11.5. The van der Waals surface area contributed by atoms with Crippen molar-refractivity contribution in [3.05, 3.63) is 47.5 Å². The van der Waals surface area contributed by atoms with Gasteiger partial charge in [0.25, 0.3) is 0 Å². The second kappa shape index (κ2) is 5.85. The molecule has 0 aliphatic heterocycles. The first-order valence-electron chi connectivity index (χ1n) is 6.25. The number of methoxy groups -OCH3 is 2. The van der Waals surface area contributed by atoms with Crippen molar-refractivity contribution in [2.45, 2.75) is 19.4 Å². The van der Waals surface area contributed by atoms with Crippen molar-refractivity contribution in [1.82, 2.24) is 0 Å². The molecule has 0 heterocycles. The first-order valence-corrected chi connectivity index (χ1v) is 6.25. The number of hydrogen-bond donors (Lipinski definition) is 0. The second-order valence-corrected chi connectivity index (χ2v) is 4.62. The van der Waals surface area contributed by atoms with E-state index in [0.717, 1.165) is 21.9 Å². The van der Waals surface area contributed by atoms with Crippen LogP contribution in [0.4, 0.5) is 0 Å². The van der Waals surface area contributed by atoms with Crippen molar-refractivity contribution in [3.8, 4) is 0 Å². The average molecular weight is 258 g/mol. The average Bonchev–Trinajstić information content (AvgIpc) is 2.45. The Kier molecular flexibility index (Phi) is 4.17. The SMILES string of the molecule is COCc1ccc2cc(C(C)C(=O)OC)ccc2c1. The third-order valence-corrected chi connectivity index (χ3v) is 3.29. The van der Waals surface area contributed by atoms with E-state index in [4.69, 9.17) is 9.47 Å². The minimum absolute atomic E-state index is 0.213. The van der Waals surface area contributed by atoms with Crippen LogP contribution < -0.4 is 0 Å². The summed E-state index contributed by atoms with van der Waals surface area (Å²) in [5.74, 6) is -0.455. The minimum atomic E-state index is -0.243. The topological polar surface area (TPSA) is 35.5 Å². The number of esters is 1. The van der Waals surface area contributed by atoms with Crippen LogP contribution in [0.25, 0.3) is 10.8 Å². The first kappa shape index (κ1) is 13.6. The summed E-state index contributed by atoms with van der Waals surface area (Å²) in [6.07, 6.45) is 0. The Bertz CT molecular complexity index is 590. The van der Waals surface area contributed by atoms with Gasteiger partial charge in [-0.05, 0) is 34.9 Å².